The van der Waals surface area contributed by atoms with Gasteiger partial charge in [-0.1, -0.05) is 58.4 Å². The number of hydrazone groups is 1. The molecule has 5 nitrogen and oxygen atoms in total. The maximum absolute atomic E-state index is 11.9. The molecule has 0 radical (unpaired) electrons. The third-order valence-electron chi connectivity index (χ3n) is 3.47. The molecule has 25 heavy (non-hydrogen) atoms. The Morgan fingerprint density at radius 2 is 1.92 bits per heavy atom. The number of aliphatic hydroxyl groups excluding tert-OH is 1. The zero-order valence-corrected chi connectivity index (χ0v) is 14.7. The molecule has 126 valence electrons. The van der Waals surface area contributed by atoms with E-state index in [9.17, 15) is 9.90 Å². The molecule has 0 aliphatic rings. The molecule has 0 fully saturated rings. The molecule has 1 heterocycles. The molecule has 0 saturated carbocycles. The fourth-order valence-corrected chi connectivity index (χ4v) is 2.63. The van der Waals surface area contributed by atoms with Gasteiger partial charge in [0.15, 0.2) is 6.10 Å². The summed E-state index contributed by atoms with van der Waals surface area (Å²) in [7, 11) is 0. The molecule has 3 rings (SSSR count). The first-order valence-electron chi connectivity index (χ1n) is 7.55. The molecular weight excluding hydrogens is 384 g/mol. The van der Waals surface area contributed by atoms with Crippen LogP contribution in [0.25, 0.3) is 11.3 Å². The van der Waals surface area contributed by atoms with Crippen molar-refractivity contribution >= 4 is 28.1 Å². The van der Waals surface area contributed by atoms with Gasteiger partial charge in [-0.15, -0.1) is 0 Å². The van der Waals surface area contributed by atoms with Crippen LogP contribution in [-0.2, 0) is 4.79 Å². The van der Waals surface area contributed by atoms with Crippen molar-refractivity contribution in [1.82, 2.24) is 5.43 Å². The summed E-state index contributed by atoms with van der Waals surface area (Å²) in [5.41, 5.74) is 3.73. The van der Waals surface area contributed by atoms with Gasteiger partial charge in [-0.05, 0) is 29.8 Å². The lowest BCUT2D eigenvalue weighted by Gasteiger charge is -2.08. The van der Waals surface area contributed by atoms with Gasteiger partial charge in [0.2, 0.25) is 0 Å². The molecule has 0 aliphatic carbocycles. The number of carbonyl (C=O) groups is 1. The average Bonchev–Trinajstić information content (AvgIpc) is 3.11. The van der Waals surface area contributed by atoms with Crippen LogP contribution in [0.5, 0.6) is 0 Å². The monoisotopic (exact) mass is 398 g/mol. The SMILES string of the molecule is O=C(N/N=C/c1ccc(-c2cccc(Br)c2)o1)C(O)c1ccccc1. The van der Waals surface area contributed by atoms with Gasteiger partial charge < -0.3 is 9.52 Å². The molecule has 0 bridgehead atoms. The lowest BCUT2D eigenvalue weighted by atomic mass is 10.1. The molecule has 1 aromatic heterocycles. The van der Waals surface area contributed by atoms with Gasteiger partial charge >= 0.3 is 0 Å². The fraction of sp³-hybridized carbons (Fsp3) is 0.0526. The van der Waals surface area contributed by atoms with Crippen molar-refractivity contribution in [3.8, 4) is 11.3 Å². The quantitative estimate of drug-likeness (QED) is 0.505. The van der Waals surface area contributed by atoms with Crippen LogP contribution in [0.2, 0.25) is 0 Å². The second kappa shape index (κ2) is 7.92. The summed E-state index contributed by atoms with van der Waals surface area (Å²) in [6.07, 6.45) is 0.115. The van der Waals surface area contributed by atoms with E-state index in [1.54, 1.807) is 30.3 Å². The van der Waals surface area contributed by atoms with E-state index in [1.807, 2.05) is 36.4 Å². The summed E-state index contributed by atoms with van der Waals surface area (Å²) in [5, 5.41) is 13.8. The Morgan fingerprint density at radius 3 is 2.68 bits per heavy atom. The average molecular weight is 399 g/mol. The van der Waals surface area contributed by atoms with Crippen LogP contribution in [0.15, 0.2) is 80.7 Å². The largest absolute Gasteiger partial charge is 0.455 e. The molecular formula is C19H15BrN2O3. The number of rotatable bonds is 5. The number of furan rings is 1. The second-order valence-corrected chi connectivity index (χ2v) is 6.18. The Bertz CT molecular complexity index is 890. The molecule has 6 heteroatoms. The number of benzene rings is 2. The normalized spacial score (nSPS) is 12.2. The lowest BCUT2D eigenvalue weighted by Crippen LogP contribution is -2.25. The zero-order valence-electron chi connectivity index (χ0n) is 13.1. The van der Waals surface area contributed by atoms with Gasteiger partial charge in [-0.2, -0.15) is 5.10 Å². The van der Waals surface area contributed by atoms with Crippen molar-refractivity contribution < 1.29 is 14.3 Å². The Morgan fingerprint density at radius 1 is 1.12 bits per heavy atom. The molecule has 2 aromatic carbocycles. The molecule has 1 atom stereocenters. The van der Waals surface area contributed by atoms with Crippen LogP contribution < -0.4 is 5.43 Å². The molecule has 1 unspecified atom stereocenters. The van der Waals surface area contributed by atoms with Crippen molar-refractivity contribution in [3.05, 3.63) is 82.5 Å². The van der Waals surface area contributed by atoms with Crippen LogP contribution in [0, 0.1) is 0 Å². The summed E-state index contributed by atoms with van der Waals surface area (Å²) >= 11 is 3.42. The summed E-state index contributed by atoms with van der Waals surface area (Å²) in [4.78, 5) is 11.9. The maximum atomic E-state index is 11.9. The van der Waals surface area contributed by atoms with E-state index < -0.39 is 12.0 Å². The van der Waals surface area contributed by atoms with Crippen LogP contribution in [0.3, 0.4) is 0 Å². The van der Waals surface area contributed by atoms with Crippen LogP contribution >= 0.6 is 15.9 Å². The first kappa shape index (κ1) is 17.1. The lowest BCUT2D eigenvalue weighted by molar-refractivity contribution is -0.129. The highest BCUT2D eigenvalue weighted by Gasteiger charge is 2.16. The van der Waals surface area contributed by atoms with E-state index in [1.165, 1.54) is 6.21 Å². The van der Waals surface area contributed by atoms with E-state index in [4.69, 9.17) is 4.42 Å². The highest BCUT2D eigenvalue weighted by Crippen LogP contribution is 2.24. The van der Waals surface area contributed by atoms with Crippen molar-refractivity contribution in [2.24, 2.45) is 5.10 Å². The fourth-order valence-electron chi connectivity index (χ4n) is 2.23. The van der Waals surface area contributed by atoms with Crippen molar-refractivity contribution in [3.63, 3.8) is 0 Å². The number of nitrogens with zero attached hydrogens (tertiary/aromatic N) is 1. The number of carbonyl (C=O) groups excluding carboxylic acids is 1. The van der Waals surface area contributed by atoms with Crippen LogP contribution in [0.1, 0.15) is 17.4 Å². The van der Waals surface area contributed by atoms with Gasteiger partial charge in [0.25, 0.3) is 5.91 Å². The summed E-state index contributed by atoms with van der Waals surface area (Å²) in [6.45, 7) is 0. The zero-order chi connectivity index (χ0) is 17.6. The Labute approximate surface area is 153 Å². The Kier molecular flexibility index (Phi) is 5.42. The van der Waals surface area contributed by atoms with E-state index >= 15 is 0 Å². The molecule has 0 spiro atoms. The molecule has 3 aromatic rings. The predicted molar refractivity (Wildman–Crippen MR) is 99.0 cm³/mol. The van der Waals surface area contributed by atoms with E-state index in [0.717, 1.165) is 10.0 Å². The van der Waals surface area contributed by atoms with E-state index in [0.29, 0.717) is 17.1 Å². The topological polar surface area (TPSA) is 74.8 Å². The number of amides is 1. The number of hydrogen-bond acceptors (Lipinski definition) is 4. The number of hydrogen-bond donors (Lipinski definition) is 2. The minimum atomic E-state index is -1.27. The molecule has 0 aliphatic heterocycles. The minimum absolute atomic E-state index is 0.490. The van der Waals surface area contributed by atoms with Crippen molar-refractivity contribution in [2.45, 2.75) is 6.10 Å². The maximum Gasteiger partial charge on any atom is 0.273 e. The van der Waals surface area contributed by atoms with Crippen LogP contribution in [0.4, 0.5) is 0 Å². The summed E-state index contributed by atoms with van der Waals surface area (Å²) in [5.74, 6) is 0.573. The molecule has 2 N–H and O–H groups in total. The van der Waals surface area contributed by atoms with Gasteiger partial charge in [0.05, 0.1) is 6.21 Å². The molecule has 1 amide bonds. The van der Waals surface area contributed by atoms with E-state index in [2.05, 4.69) is 26.5 Å². The highest BCUT2D eigenvalue weighted by atomic mass is 79.9. The summed E-state index contributed by atoms with van der Waals surface area (Å²) in [6, 6.07) is 20.0. The van der Waals surface area contributed by atoms with Crippen molar-refractivity contribution in [1.29, 1.82) is 0 Å². The Hall–Kier alpha value is -2.70. The third-order valence-corrected chi connectivity index (χ3v) is 3.96. The standard InChI is InChI=1S/C19H15BrN2O3/c20-15-8-4-7-14(11-15)17-10-9-16(25-17)12-21-22-19(24)18(23)13-5-2-1-3-6-13/h1-12,18,23H,(H,22,24)/b21-12+. The van der Waals surface area contributed by atoms with Crippen molar-refractivity contribution in [2.75, 3.05) is 0 Å². The van der Waals surface area contributed by atoms with Gasteiger partial charge in [0.1, 0.15) is 11.5 Å². The predicted octanol–water partition coefficient (Wildman–Crippen LogP) is 3.89. The smallest absolute Gasteiger partial charge is 0.273 e. The number of nitrogens with one attached hydrogen (secondary N) is 1. The van der Waals surface area contributed by atoms with Crippen LogP contribution in [-0.4, -0.2) is 17.2 Å². The highest BCUT2D eigenvalue weighted by molar-refractivity contribution is 9.10. The summed E-state index contributed by atoms with van der Waals surface area (Å²) < 4.78 is 6.62. The van der Waals surface area contributed by atoms with Gasteiger partial charge in [0, 0.05) is 10.0 Å². The molecule has 0 saturated heterocycles. The van der Waals surface area contributed by atoms with Gasteiger partial charge in [-0.3, -0.25) is 4.79 Å². The first-order chi connectivity index (χ1) is 12.1. The van der Waals surface area contributed by atoms with Gasteiger partial charge in [-0.25, -0.2) is 5.43 Å². The second-order valence-electron chi connectivity index (χ2n) is 5.26. The number of halogens is 1. The third kappa shape index (κ3) is 4.43. The number of aliphatic hydroxyl groups is 1. The minimum Gasteiger partial charge on any atom is -0.455 e. The van der Waals surface area contributed by atoms with E-state index in [-0.39, 0.29) is 0 Å². The Balaban J connectivity index is 1.62. The first-order valence-corrected chi connectivity index (χ1v) is 8.34.